The molecule has 2 aromatic carbocycles. The van der Waals surface area contributed by atoms with Gasteiger partial charge in [-0.2, -0.15) is 0 Å². The minimum Gasteiger partial charge on any atom is -0.458 e. The smallest absolute Gasteiger partial charge is 0.209 e. The van der Waals surface area contributed by atoms with Crippen molar-refractivity contribution >= 4 is 22.6 Å². The van der Waals surface area contributed by atoms with Gasteiger partial charge in [0.15, 0.2) is 0 Å². The Bertz CT molecular complexity index is 1440. The molecule has 1 saturated heterocycles. The summed E-state index contributed by atoms with van der Waals surface area (Å²) in [5.74, 6) is 7.49. The zero-order valence-corrected chi connectivity index (χ0v) is 19.8. The molecule has 0 saturated carbocycles. The van der Waals surface area contributed by atoms with Crippen LogP contribution in [0, 0.1) is 17.8 Å². The maximum atomic E-state index is 13.9. The van der Waals surface area contributed by atoms with E-state index in [-0.39, 0.29) is 5.43 Å². The van der Waals surface area contributed by atoms with Crippen LogP contribution in [0.15, 0.2) is 76.1 Å². The van der Waals surface area contributed by atoms with Gasteiger partial charge in [-0.1, -0.05) is 60.8 Å². The highest BCUT2D eigenvalue weighted by molar-refractivity contribution is 6.33. The summed E-state index contributed by atoms with van der Waals surface area (Å²) in [5, 5.41) is 1.08. The quantitative estimate of drug-likeness (QED) is 0.339. The summed E-state index contributed by atoms with van der Waals surface area (Å²) >= 11 is 6.49. The summed E-state index contributed by atoms with van der Waals surface area (Å²) in [6.07, 6.45) is 3.98. The van der Waals surface area contributed by atoms with E-state index in [1.54, 1.807) is 6.20 Å². The Kier molecular flexibility index (Phi) is 6.49. The Balaban J connectivity index is 1.68. The topological polar surface area (TPSA) is 46.3 Å². The molecule has 1 fully saturated rings. The van der Waals surface area contributed by atoms with Crippen LogP contribution in [-0.2, 0) is 6.54 Å². The second-order valence-electron chi connectivity index (χ2n) is 8.81. The molecule has 34 heavy (non-hydrogen) atoms. The second-order valence-corrected chi connectivity index (χ2v) is 9.22. The first-order valence-electron chi connectivity index (χ1n) is 11.6. The Hall–Kier alpha value is -3.39. The van der Waals surface area contributed by atoms with Crippen molar-refractivity contribution in [2.45, 2.75) is 26.3 Å². The third kappa shape index (κ3) is 4.63. The predicted octanol–water partition coefficient (Wildman–Crippen LogP) is 6.14. The number of rotatable bonds is 3. The van der Waals surface area contributed by atoms with Gasteiger partial charge in [-0.15, -0.1) is 0 Å². The molecule has 5 heteroatoms. The number of benzene rings is 2. The molecule has 0 amide bonds. The zero-order valence-electron chi connectivity index (χ0n) is 19.1. The van der Waals surface area contributed by atoms with Crippen LogP contribution in [0.25, 0.3) is 22.1 Å². The maximum Gasteiger partial charge on any atom is 0.209 e. The molecule has 0 N–H and O–H groups in total. The molecular formula is C29H25ClN2O2. The van der Waals surface area contributed by atoms with Gasteiger partial charge in [0, 0.05) is 16.8 Å². The van der Waals surface area contributed by atoms with Gasteiger partial charge in [-0.3, -0.25) is 9.69 Å². The Morgan fingerprint density at radius 2 is 1.76 bits per heavy atom. The number of hydrogen-bond acceptors (Lipinski definition) is 4. The Labute approximate surface area is 204 Å². The van der Waals surface area contributed by atoms with Crippen LogP contribution in [0.4, 0.5) is 0 Å². The number of piperidine rings is 1. The lowest BCUT2D eigenvalue weighted by Gasteiger charge is -2.29. The lowest BCUT2D eigenvalue weighted by Crippen LogP contribution is -2.33. The number of pyridine rings is 1. The summed E-state index contributed by atoms with van der Waals surface area (Å²) in [7, 11) is 0. The highest BCUT2D eigenvalue weighted by Crippen LogP contribution is 2.33. The Morgan fingerprint density at radius 3 is 2.53 bits per heavy atom. The molecular weight excluding hydrogens is 444 g/mol. The molecule has 3 heterocycles. The van der Waals surface area contributed by atoms with Crippen LogP contribution >= 0.6 is 11.6 Å². The van der Waals surface area contributed by atoms with E-state index < -0.39 is 0 Å². The summed E-state index contributed by atoms with van der Waals surface area (Å²) in [6, 6.07) is 18.7. The zero-order chi connectivity index (χ0) is 23.5. The fraction of sp³-hybridized carbons (Fsp3) is 0.241. The van der Waals surface area contributed by atoms with E-state index in [1.165, 1.54) is 0 Å². The molecule has 5 rings (SSSR count). The molecule has 1 aliphatic heterocycles. The normalized spacial score (nSPS) is 14.6. The first-order chi connectivity index (χ1) is 16.6. The van der Waals surface area contributed by atoms with Gasteiger partial charge in [0.05, 0.1) is 11.9 Å². The molecule has 1 aliphatic rings. The summed E-state index contributed by atoms with van der Waals surface area (Å²) in [4.78, 5) is 20.5. The molecule has 170 valence electrons. The summed E-state index contributed by atoms with van der Waals surface area (Å²) < 4.78 is 6.39. The number of fused-ring (bicyclic) bond motifs is 1. The molecule has 2 aromatic heterocycles. The maximum absolute atomic E-state index is 13.9. The lowest BCUT2D eigenvalue weighted by atomic mass is 9.98. The van der Waals surface area contributed by atoms with Gasteiger partial charge in [-0.05, 0) is 67.6 Å². The van der Waals surface area contributed by atoms with E-state index in [9.17, 15) is 4.79 Å². The van der Waals surface area contributed by atoms with Crippen LogP contribution in [-0.4, -0.2) is 23.0 Å². The van der Waals surface area contributed by atoms with Gasteiger partial charge in [0.1, 0.15) is 22.6 Å². The van der Waals surface area contributed by atoms with Gasteiger partial charge in [0.2, 0.25) is 5.43 Å². The molecule has 4 nitrogen and oxygen atoms in total. The van der Waals surface area contributed by atoms with E-state index >= 15 is 0 Å². The van der Waals surface area contributed by atoms with Crippen molar-refractivity contribution in [3.05, 3.63) is 99.1 Å². The first-order valence-corrected chi connectivity index (χ1v) is 12.0. The van der Waals surface area contributed by atoms with Crippen LogP contribution in [0.5, 0.6) is 0 Å². The molecule has 4 aromatic rings. The van der Waals surface area contributed by atoms with E-state index in [0.717, 1.165) is 43.0 Å². The van der Waals surface area contributed by atoms with Crippen molar-refractivity contribution in [3.63, 3.8) is 0 Å². The molecule has 0 spiro atoms. The fourth-order valence-corrected chi connectivity index (χ4v) is 4.65. The standard InChI is InChI=1S/C29H25ClN2O2/c1-20-14-17-32(18-15-20)19-27-24(13-12-21-7-4-5-16-31-21)29(33)28-23(9-6-11-26(28)34-27)22-8-2-3-10-25(22)30/h2-11,16,20H,14-15,17-19H2,1H3. The Morgan fingerprint density at radius 1 is 1.00 bits per heavy atom. The average molecular weight is 469 g/mol. The largest absolute Gasteiger partial charge is 0.458 e. The lowest BCUT2D eigenvalue weighted by molar-refractivity contribution is 0.174. The monoisotopic (exact) mass is 468 g/mol. The molecule has 0 radical (unpaired) electrons. The van der Waals surface area contributed by atoms with Crippen molar-refractivity contribution in [3.8, 4) is 23.0 Å². The number of likely N-dealkylation sites (tertiary alicyclic amines) is 1. The van der Waals surface area contributed by atoms with Crippen LogP contribution in [0.3, 0.4) is 0 Å². The third-order valence-corrected chi connectivity index (χ3v) is 6.71. The molecule has 0 unspecified atom stereocenters. The van der Waals surface area contributed by atoms with Gasteiger partial charge >= 0.3 is 0 Å². The van der Waals surface area contributed by atoms with Crippen LogP contribution < -0.4 is 5.43 Å². The number of hydrogen-bond donors (Lipinski definition) is 0. The SMILES string of the molecule is CC1CCN(Cc2oc3cccc(-c4ccccc4Cl)c3c(=O)c2C#Cc2ccccn2)CC1. The highest BCUT2D eigenvalue weighted by atomic mass is 35.5. The minimum absolute atomic E-state index is 0.138. The minimum atomic E-state index is -0.138. The third-order valence-electron chi connectivity index (χ3n) is 6.38. The van der Waals surface area contributed by atoms with Crippen molar-refractivity contribution in [1.29, 1.82) is 0 Å². The van der Waals surface area contributed by atoms with Gasteiger partial charge in [-0.25, -0.2) is 4.98 Å². The van der Waals surface area contributed by atoms with Crippen molar-refractivity contribution in [2.24, 2.45) is 5.92 Å². The van der Waals surface area contributed by atoms with Crippen molar-refractivity contribution in [2.75, 3.05) is 13.1 Å². The molecule has 0 bridgehead atoms. The van der Waals surface area contributed by atoms with Crippen molar-refractivity contribution < 1.29 is 4.42 Å². The van der Waals surface area contributed by atoms with Crippen molar-refractivity contribution in [1.82, 2.24) is 9.88 Å². The van der Waals surface area contributed by atoms with Gasteiger partial charge in [0.25, 0.3) is 0 Å². The summed E-state index contributed by atoms with van der Waals surface area (Å²) in [6.45, 7) is 4.80. The average Bonchev–Trinajstić information content (AvgIpc) is 2.86. The molecule has 0 atom stereocenters. The van der Waals surface area contributed by atoms with E-state index in [1.807, 2.05) is 60.7 Å². The number of aromatic nitrogens is 1. The fourth-order valence-electron chi connectivity index (χ4n) is 4.41. The van der Waals surface area contributed by atoms with Crippen LogP contribution in [0.1, 0.15) is 36.8 Å². The van der Waals surface area contributed by atoms with E-state index in [0.29, 0.717) is 39.6 Å². The second kappa shape index (κ2) is 9.85. The number of halogens is 1. The van der Waals surface area contributed by atoms with Crippen LogP contribution in [0.2, 0.25) is 5.02 Å². The number of nitrogens with zero attached hydrogens (tertiary/aromatic N) is 2. The van der Waals surface area contributed by atoms with E-state index in [2.05, 4.69) is 28.6 Å². The summed E-state index contributed by atoms with van der Waals surface area (Å²) in [5.41, 5.74) is 2.95. The molecule has 0 aliphatic carbocycles. The first kappa shape index (κ1) is 22.4. The van der Waals surface area contributed by atoms with Gasteiger partial charge < -0.3 is 4.42 Å². The highest BCUT2D eigenvalue weighted by Gasteiger charge is 2.22. The van der Waals surface area contributed by atoms with E-state index in [4.69, 9.17) is 16.0 Å². The predicted molar refractivity (Wildman–Crippen MR) is 137 cm³/mol.